The number of thioether (sulfide) groups is 2. The van der Waals surface area contributed by atoms with E-state index in [0.29, 0.717) is 5.75 Å². The highest BCUT2D eigenvalue weighted by Gasteiger charge is 2.16. The van der Waals surface area contributed by atoms with Gasteiger partial charge in [0.2, 0.25) is 0 Å². The quantitative estimate of drug-likeness (QED) is 0.539. The SMILES string of the molecule is COc1c(SC(C)c2ccco2)ccnc1CSc1ccccn1. The Labute approximate surface area is 150 Å². The van der Waals surface area contributed by atoms with Crippen LogP contribution in [-0.4, -0.2) is 17.1 Å². The maximum atomic E-state index is 5.64. The molecule has 0 fully saturated rings. The highest BCUT2D eigenvalue weighted by molar-refractivity contribution is 7.99. The van der Waals surface area contributed by atoms with Gasteiger partial charge in [0.25, 0.3) is 0 Å². The van der Waals surface area contributed by atoms with Crippen molar-refractivity contribution in [3.8, 4) is 5.75 Å². The number of pyridine rings is 2. The average molecular weight is 358 g/mol. The van der Waals surface area contributed by atoms with E-state index in [4.69, 9.17) is 9.15 Å². The van der Waals surface area contributed by atoms with E-state index in [2.05, 4.69) is 16.9 Å². The molecule has 3 aromatic rings. The van der Waals surface area contributed by atoms with E-state index in [1.54, 1.807) is 43.1 Å². The van der Waals surface area contributed by atoms with Crippen LogP contribution in [0.15, 0.2) is 69.4 Å². The molecular weight excluding hydrogens is 340 g/mol. The zero-order chi connectivity index (χ0) is 16.8. The van der Waals surface area contributed by atoms with Crippen molar-refractivity contribution in [2.24, 2.45) is 0 Å². The molecule has 3 heterocycles. The van der Waals surface area contributed by atoms with Crippen molar-refractivity contribution < 1.29 is 9.15 Å². The Morgan fingerprint density at radius 2 is 2.04 bits per heavy atom. The van der Waals surface area contributed by atoms with Gasteiger partial charge in [-0.25, -0.2) is 4.98 Å². The third-order valence-corrected chi connectivity index (χ3v) is 5.50. The van der Waals surface area contributed by atoms with Gasteiger partial charge in [-0.1, -0.05) is 17.8 Å². The van der Waals surface area contributed by atoms with E-state index in [9.17, 15) is 0 Å². The standard InChI is InChI=1S/C18H18N2O2S2/c1-13(15-6-5-11-22-15)24-16-8-10-19-14(18(16)21-2)12-23-17-7-3-4-9-20-17/h3-11,13H,12H2,1-2H3. The number of hydrogen-bond acceptors (Lipinski definition) is 6. The lowest BCUT2D eigenvalue weighted by Crippen LogP contribution is -1.97. The molecule has 0 amide bonds. The molecule has 0 spiro atoms. The van der Waals surface area contributed by atoms with Gasteiger partial charge in [0, 0.05) is 18.1 Å². The topological polar surface area (TPSA) is 48.2 Å². The highest BCUT2D eigenvalue weighted by atomic mass is 32.2. The third-order valence-electron chi connectivity index (χ3n) is 3.39. The monoisotopic (exact) mass is 358 g/mol. The maximum absolute atomic E-state index is 5.64. The van der Waals surface area contributed by atoms with Gasteiger partial charge >= 0.3 is 0 Å². The summed E-state index contributed by atoms with van der Waals surface area (Å²) in [5, 5.41) is 1.18. The summed E-state index contributed by atoms with van der Waals surface area (Å²) in [5.74, 6) is 2.48. The van der Waals surface area contributed by atoms with Crippen molar-refractivity contribution in [2.45, 2.75) is 27.8 Å². The van der Waals surface area contributed by atoms with Gasteiger partial charge in [0.1, 0.15) is 5.76 Å². The van der Waals surface area contributed by atoms with Crippen molar-refractivity contribution in [3.63, 3.8) is 0 Å². The first-order valence-corrected chi connectivity index (χ1v) is 9.40. The van der Waals surface area contributed by atoms with Crippen LogP contribution in [0.25, 0.3) is 0 Å². The van der Waals surface area contributed by atoms with Crippen molar-refractivity contribution in [3.05, 3.63) is 66.5 Å². The summed E-state index contributed by atoms with van der Waals surface area (Å²) < 4.78 is 11.1. The van der Waals surface area contributed by atoms with E-state index in [1.807, 2.05) is 42.6 Å². The van der Waals surface area contributed by atoms with E-state index < -0.39 is 0 Å². The molecule has 0 N–H and O–H groups in total. The summed E-state index contributed by atoms with van der Waals surface area (Å²) in [5.41, 5.74) is 0.921. The smallest absolute Gasteiger partial charge is 0.154 e. The van der Waals surface area contributed by atoms with E-state index >= 15 is 0 Å². The van der Waals surface area contributed by atoms with E-state index in [0.717, 1.165) is 27.1 Å². The summed E-state index contributed by atoms with van der Waals surface area (Å²) in [7, 11) is 1.69. The van der Waals surface area contributed by atoms with Gasteiger partial charge in [-0.15, -0.1) is 11.8 Å². The second-order valence-corrected chi connectivity index (χ2v) is 7.40. The molecular formula is C18H18N2O2S2. The molecule has 1 unspecified atom stereocenters. The Morgan fingerprint density at radius 1 is 1.12 bits per heavy atom. The Bertz CT molecular complexity index is 764. The minimum Gasteiger partial charge on any atom is -0.494 e. The van der Waals surface area contributed by atoms with Gasteiger partial charge in [0.15, 0.2) is 5.75 Å². The Morgan fingerprint density at radius 3 is 2.75 bits per heavy atom. The lowest BCUT2D eigenvalue weighted by molar-refractivity contribution is 0.398. The fraction of sp³-hybridized carbons (Fsp3) is 0.222. The van der Waals surface area contributed by atoms with Crippen LogP contribution < -0.4 is 4.74 Å². The lowest BCUT2D eigenvalue weighted by Gasteiger charge is -2.14. The largest absolute Gasteiger partial charge is 0.494 e. The summed E-state index contributed by atoms with van der Waals surface area (Å²) >= 11 is 3.35. The number of rotatable bonds is 7. The van der Waals surface area contributed by atoms with Crippen LogP contribution >= 0.6 is 23.5 Å². The molecule has 0 aliphatic rings. The first-order valence-electron chi connectivity index (χ1n) is 7.53. The molecule has 3 rings (SSSR count). The lowest BCUT2D eigenvalue weighted by atomic mass is 10.3. The summed E-state index contributed by atoms with van der Waals surface area (Å²) in [6.07, 6.45) is 5.32. The second-order valence-electron chi connectivity index (χ2n) is 5.02. The fourth-order valence-electron chi connectivity index (χ4n) is 2.23. The number of nitrogens with zero attached hydrogens (tertiary/aromatic N) is 2. The van der Waals surface area contributed by atoms with Crippen LogP contribution in [0.1, 0.15) is 23.6 Å². The third kappa shape index (κ3) is 4.13. The molecule has 0 aliphatic carbocycles. The van der Waals surface area contributed by atoms with Crippen LogP contribution in [0.4, 0.5) is 0 Å². The number of ether oxygens (including phenoxy) is 1. The Hall–Kier alpha value is -1.92. The van der Waals surface area contributed by atoms with Crippen molar-refractivity contribution in [1.29, 1.82) is 0 Å². The number of methoxy groups -OCH3 is 1. The number of aromatic nitrogens is 2. The Balaban J connectivity index is 1.76. The van der Waals surface area contributed by atoms with Gasteiger partial charge in [-0.2, -0.15) is 0 Å². The fourth-order valence-corrected chi connectivity index (χ4v) is 4.11. The van der Waals surface area contributed by atoms with Crippen LogP contribution in [0.5, 0.6) is 5.75 Å². The van der Waals surface area contributed by atoms with Crippen LogP contribution in [-0.2, 0) is 5.75 Å². The first-order chi connectivity index (χ1) is 11.8. The predicted molar refractivity (Wildman–Crippen MR) is 97.6 cm³/mol. The molecule has 4 nitrogen and oxygen atoms in total. The zero-order valence-electron chi connectivity index (χ0n) is 13.5. The number of hydrogen-bond donors (Lipinski definition) is 0. The minimum absolute atomic E-state index is 0.201. The van der Waals surface area contributed by atoms with Crippen molar-refractivity contribution in [1.82, 2.24) is 9.97 Å². The molecule has 0 radical (unpaired) electrons. The van der Waals surface area contributed by atoms with Crippen LogP contribution in [0.2, 0.25) is 0 Å². The van der Waals surface area contributed by atoms with Gasteiger partial charge < -0.3 is 9.15 Å². The molecule has 124 valence electrons. The Kier molecular flexibility index (Phi) is 5.82. The molecule has 0 aliphatic heterocycles. The second kappa shape index (κ2) is 8.26. The molecule has 6 heteroatoms. The molecule has 1 atom stereocenters. The van der Waals surface area contributed by atoms with E-state index in [-0.39, 0.29) is 5.25 Å². The molecule has 0 aromatic carbocycles. The van der Waals surface area contributed by atoms with Gasteiger partial charge in [-0.05, 0) is 37.3 Å². The predicted octanol–water partition coefficient (Wildman–Crippen LogP) is 5.22. The highest BCUT2D eigenvalue weighted by Crippen LogP contribution is 2.41. The van der Waals surface area contributed by atoms with Crippen LogP contribution in [0.3, 0.4) is 0 Å². The molecule has 24 heavy (non-hydrogen) atoms. The van der Waals surface area contributed by atoms with E-state index in [1.165, 1.54) is 0 Å². The van der Waals surface area contributed by atoms with Crippen molar-refractivity contribution in [2.75, 3.05) is 7.11 Å². The van der Waals surface area contributed by atoms with Crippen LogP contribution in [0, 0.1) is 0 Å². The summed E-state index contributed by atoms with van der Waals surface area (Å²) in [4.78, 5) is 9.88. The van der Waals surface area contributed by atoms with Gasteiger partial charge in [-0.3, -0.25) is 4.98 Å². The average Bonchev–Trinajstić information content (AvgIpc) is 3.16. The molecule has 0 bridgehead atoms. The maximum Gasteiger partial charge on any atom is 0.154 e. The minimum atomic E-state index is 0.201. The zero-order valence-corrected chi connectivity index (χ0v) is 15.1. The summed E-state index contributed by atoms with van der Waals surface area (Å²) in [6.45, 7) is 2.12. The molecule has 0 saturated heterocycles. The van der Waals surface area contributed by atoms with Gasteiger partial charge in [0.05, 0.1) is 34.2 Å². The normalized spacial score (nSPS) is 12.1. The van der Waals surface area contributed by atoms with Crippen molar-refractivity contribution >= 4 is 23.5 Å². The summed E-state index contributed by atoms with van der Waals surface area (Å²) in [6, 6.07) is 11.8. The first kappa shape index (κ1) is 16.9. The molecule has 3 aromatic heterocycles. The number of furan rings is 1. The molecule has 0 saturated carbocycles.